The van der Waals surface area contributed by atoms with Crippen molar-refractivity contribution in [2.75, 3.05) is 0 Å². The van der Waals surface area contributed by atoms with Gasteiger partial charge >= 0.3 is 0 Å². The standard InChI is InChI=1S/C17H21NO/c1-17(2,3)11-5-4-6-13-7-8-14-9-10-16(19)18-15(14)12-13/h4,6-10,12H,5,11H2,1-3H3,(H,18,19). The van der Waals surface area contributed by atoms with Gasteiger partial charge in [0.1, 0.15) is 0 Å². The van der Waals surface area contributed by atoms with Crippen molar-refractivity contribution in [3.05, 3.63) is 42.0 Å². The molecule has 1 aromatic heterocycles. The Morgan fingerprint density at radius 1 is 1.16 bits per heavy atom. The second-order valence-corrected chi connectivity index (χ2v) is 6.12. The van der Waals surface area contributed by atoms with Crippen molar-refractivity contribution in [3.8, 4) is 5.88 Å². The Morgan fingerprint density at radius 3 is 2.63 bits per heavy atom. The number of pyridine rings is 1. The summed E-state index contributed by atoms with van der Waals surface area (Å²) in [5, 5.41) is 10.4. The van der Waals surface area contributed by atoms with Crippen LogP contribution in [0.5, 0.6) is 5.88 Å². The number of hydrogen-bond donors (Lipinski definition) is 1. The van der Waals surface area contributed by atoms with Crippen LogP contribution in [-0.2, 0) is 0 Å². The highest BCUT2D eigenvalue weighted by Gasteiger charge is 2.07. The summed E-state index contributed by atoms with van der Waals surface area (Å²) in [7, 11) is 0. The highest BCUT2D eigenvalue weighted by molar-refractivity contribution is 5.81. The zero-order chi connectivity index (χ0) is 13.9. The number of fused-ring (bicyclic) bond motifs is 1. The lowest BCUT2D eigenvalue weighted by Gasteiger charge is -2.15. The van der Waals surface area contributed by atoms with Crippen LogP contribution < -0.4 is 0 Å². The molecular formula is C17H21NO. The molecule has 1 N–H and O–H groups in total. The summed E-state index contributed by atoms with van der Waals surface area (Å²) in [5.41, 5.74) is 2.33. The minimum Gasteiger partial charge on any atom is -0.493 e. The zero-order valence-electron chi connectivity index (χ0n) is 11.9. The predicted octanol–water partition coefficient (Wildman–Crippen LogP) is 4.78. The van der Waals surface area contributed by atoms with Crippen LogP contribution in [0.1, 0.15) is 39.2 Å². The monoisotopic (exact) mass is 255 g/mol. The Kier molecular flexibility index (Phi) is 3.89. The molecule has 0 bridgehead atoms. The molecule has 0 aliphatic rings. The van der Waals surface area contributed by atoms with Crippen molar-refractivity contribution < 1.29 is 5.11 Å². The van der Waals surface area contributed by atoms with Crippen molar-refractivity contribution in [2.45, 2.75) is 33.6 Å². The fraction of sp³-hybridized carbons (Fsp3) is 0.353. The Morgan fingerprint density at radius 2 is 1.89 bits per heavy atom. The number of allylic oxidation sites excluding steroid dienone is 1. The summed E-state index contributed by atoms with van der Waals surface area (Å²) >= 11 is 0. The van der Waals surface area contributed by atoms with Crippen LogP contribution in [0.15, 0.2) is 36.4 Å². The molecule has 0 aliphatic carbocycles. The van der Waals surface area contributed by atoms with Crippen LogP contribution in [-0.4, -0.2) is 10.1 Å². The van der Waals surface area contributed by atoms with Crippen LogP contribution in [0.4, 0.5) is 0 Å². The SMILES string of the molecule is CC(C)(C)CCC=Cc1ccc2ccc(O)nc2c1. The smallest absolute Gasteiger partial charge is 0.211 e. The van der Waals surface area contributed by atoms with E-state index >= 15 is 0 Å². The maximum Gasteiger partial charge on any atom is 0.211 e. The maximum atomic E-state index is 9.40. The van der Waals surface area contributed by atoms with Gasteiger partial charge in [-0.15, -0.1) is 0 Å². The van der Waals surface area contributed by atoms with Gasteiger partial charge in [-0.1, -0.05) is 45.1 Å². The molecule has 0 saturated carbocycles. The molecule has 2 nitrogen and oxygen atoms in total. The van der Waals surface area contributed by atoms with Gasteiger partial charge in [-0.05, 0) is 36.0 Å². The molecule has 19 heavy (non-hydrogen) atoms. The summed E-state index contributed by atoms with van der Waals surface area (Å²) in [6, 6.07) is 9.61. The fourth-order valence-electron chi connectivity index (χ4n) is 1.96. The van der Waals surface area contributed by atoms with E-state index in [1.54, 1.807) is 6.07 Å². The summed E-state index contributed by atoms with van der Waals surface area (Å²) < 4.78 is 0. The van der Waals surface area contributed by atoms with E-state index in [2.05, 4.69) is 44.0 Å². The third-order valence-electron chi connectivity index (χ3n) is 3.07. The van der Waals surface area contributed by atoms with Gasteiger partial charge in [-0.2, -0.15) is 0 Å². The molecule has 1 aromatic carbocycles. The largest absolute Gasteiger partial charge is 0.493 e. The average molecular weight is 255 g/mol. The molecule has 100 valence electrons. The van der Waals surface area contributed by atoms with Crippen molar-refractivity contribution in [1.29, 1.82) is 0 Å². The second-order valence-electron chi connectivity index (χ2n) is 6.12. The molecule has 1 heterocycles. The first-order chi connectivity index (χ1) is 8.94. The second kappa shape index (κ2) is 5.43. The quantitative estimate of drug-likeness (QED) is 0.856. The molecule has 2 aromatic rings. The molecule has 2 rings (SSSR count). The number of nitrogens with zero attached hydrogens (tertiary/aromatic N) is 1. The molecule has 0 spiro atoms. The first-order valence-electron chi connectivity index (χ1n) is 6.70. The van der Waals surface area contributed by atoms with Gasteiger partial charge in [0.15, 0.2) is 0 Å². The Labute approximate surface area is 114 Å². The van der Waals surface area contributed by atoms with E-state index in [9.17, 15) is 5.11 Å². The third kappa shape index (κ3) is 4.09. The van der Waals surface area contributed by atoms with E-state index in [0.29, 0.717) is 5.41 Å². The normalized spacial score (nSPS) is 12.4. The number of rotatable bonds is 3. The lowest BCUT2D eigenvalue weighted by molar-refractivity contribution is 0.382. The van der Waals surface area contributed by atoms with Crippen LogP contribution in [0.3, 0.4) is 0 Å². The predicted molar refractivity (Wildman–Crippen MR) is 81.1 cm³/mol. The number of aromatic hydroxyl groups is 1. The summed E-state index contributed by atoms with van der Waals surface area (Å²) in [6.45, 7) is 6.76. The highest BCUT2D eigenvalue weighted by Crippen LogP contribution is 2.22. The molecule has 0 aliphatic heterocycles. The van der Waals surface area contributed by atoms with Gasteiger partial charge in [0.05, 0.1) is 5.52 Å². The first kappa shape index (κ1) is 13.6. The summed E-state index contributed by atoms with van der Waals surface area (Å²) in [5.74, 6) is 0.0707. The number of aromatic nitrogens is 1. The molecule has 0 fully saturated rings. The van der Waals surface area contributed by atoms with Crippen molar-refractivity contribution in [3.63, 3.8) is 0 Å². The maximum absolute atomic E-state index is 9.40. The molecular weight excluding hydrogens is 234 g/mol. The lowest BCUT2D eigenvalue weighted by atomic mass is 9.90. The molecule has 0 saturated heterocycles. The molecule has 2 heteroatoms. The van der Waals surface area contributed by atoms with E-state index < -0.39 is 0 Å². The van der Waals surface area contributed by atoms with Crippen LogP contribution in [0.2, 0.25) is 0 Å². The van der Waals surface area contributed by atoms with E-state index in [-0.39, 0.29) is 5.88 Å². The summed E-state index contributed by atoms with van der Waals surface area (Å²) in [6.07, 6.45) is 6.58. The number of hydrogen-bond acceptors (Lipinski definition) is 2. The zero-order valence-corrected chi connectivity index (χ0v) is 11.9. The van der Waals surface area contributed by atoms with Gasteiger partial charge in [-0.3, -0.25) is 0 Å². The van der Waals surface area contributed by atoms with Crippen LogP contribution in [0, 0.1) is 5.41 Å². The van der Waals surface area contributed by atoms with Gasteiger partial charge in [0.2, 0.25) is 5.88 Å². The highest BCUT2D eigenvalue weighted by atomic mass is 16.3. The van der Waals surface area contributed by atoms with E-state index in [1.807, 2.05) is 18.2 Å². The van der Waals surface area contributed by atoms with Gasteiger partial charge in [0.25, 0.3) is 0 Å². The van der Waals surface area contributed by atoms with Crippen molar-refractivity contribution in [2.24, 2.45) is 5.41 Å². The Bertz CT molecular complexity index is 594. The topological polar surface area (TPSA) is 33.1 Å². The Balaban J connectivity index is 2.11. The summed E-state index contributed by atoms with van der Waals surface area (Å²) in [4.78, 5) is 4.13. The van der Waals surface area contributed by atoms with Crippen LogP contribution >= 0.6 is 0 Å². The molecule has 0 unspecified atom stereocenters. The van der Waals surface area contributed by atoms with Gasteiger partial charge < -0.3 is 5.11 Å². The minimum absolute atomic E-state index is 0.0707. The van der Waals surface area contributed by atoms with Gasteiger partial charge in [-0.25, -0.2) is 4.98 Å². The fourth-order valence-corrected chi connectivity index (χ4v) is 1.96. The van der Waals surface area contributed by atoms with Crippen molar-refractivity contribution in [1.82, 2.24) is 4.98 Å². The third-order valence-corrected chi connectivity index (χ3v) is 3.07. The molecule has 0 amide bonds. The first-order valence-corrected chi connectivity index (χ1v) is 6.70. The van der Waals surface area contributed by atoms with E-state index in [4.69, 9.17) is 0 Å². The molecule has 0 atom stereocenters. The average Bonchev–Trinajstić information content (AvgIpc) is 2.33. The van der Waals surface area contributed by atoms with E-state index in [1.165, 1.54) is 6.42 Å². The minimum atomic E-state index is 0.0707. The van der Waals surface area contributed by atoms with Crippen molar-refractivity contribution >= 4 is 17.0 Å². The van der Waals surface area contributed by atoms with Gasteiger partial charge in [0, 0.05) is 11.5 Å². The van der Waals surface area contributed by atoms with E-state index in [0.717, 1.165) is 22.9 Å². The lowest BCUT2D eigenvalue weighted by Crippen LogP contribution is -2.02. The number of benzene rings is 1. The Hall–Kier alpha value is -1.83. The molecule has 0 radical (unpaired) electrons. The van der Waals surface area contributed by atoms with Crippen LogP contribution in [0.25, 0.3) is 17.0 Å².